The van der Waals surface area contributed by atoms with Crippen molar-refractivity contribution in [2.45, 2.75) is 19.3 Å². The Morgan fingerprint density at radius 2 is 1.53 bits per heavy atom. The molecule has 3 aromatic heterocycles. The van der Waals surface area contributed by atoms with Gasteiger partial charge in [0.2, 0.25) is 0 Å². The summed E-state index contributed by atoms with van der Waals surface area (Å²) < 4.78 is 63.5. The van der Waals surface area contributed by atoms with Gasteiger partial charge in [-0.05, 0) is 18.7 Å². The van der Waals surface area contributed by atoms with Crippen molar-refractivity contribution in [2.75, 3.05) is 37.6 Å². The van der Waals surface area contributed by atoms with E-state index in [9.17, 15) is 26.3 Å². The zero-order valence-corrected chi connectivity index (χ0v) is 21.0. The van der Waals surface area contributed by atoms with Crippen molar-refractivity contribution >= 4 is 50.9 Å². The number of aromatic nitrogens is 3. The van der Waals surface area contributed by atoms with Crippen LogP contribution in [0.25, 0.3) is 21.3 Å². The van der Waals surface area contributed by atoms with E-state index < -0.39 is 24.3 Å². The van der Waals surface area contributed by atoms with Gasteiger partial charge >= 0.3 is 24.3 Å². The first-order chi connectivity index (χ1) is 17.6. The van der Waals surface area contributed by atoms with Crippen LogP contribution < -0.4 is 4.90 Å². The predicted molar refractivity (Wildman–Crippen MR) is 127 cm³/mol. The highest BCUT2D eigenvalue weighted by atomic mass is 35.5. The van der Waals surface area contributed by atoms with Gasteiger partial charge in [-0.25, -0.2) is 24.5 Å². The van der Waals surface area contributed by atoms with Crippen LogP contribution in [-0.4, -0.2) is 87.1 Å². The highest BCUT2D eigenvalue weighted by molar-refractivity contribution is 7.17. The second-order valence-electron chi connectivity index (χ2n) is 7.42. The first kappa shape index (κ1) is 31.0. The lowest BCUT2D eigenvalue weighted by molar-refractivity contribution is -0.193. The van der Waals surface area contributed by atoms with E-state index in [0.717, 1.165) is 59.9 Å². The average molecular weight is 588 g/mol. The van der Waals surface area contributed by atoms with Crippen LogP contribution in [0.4, 0.5) is 32.2 Å². The molecule has 0 aliphatic carbocycles. The van der Waals surface area contributed by atoms with E-state index in [4.69, 9.17) is 31.4 Å². The average Bonchev–Trinajstić information content (AvgIpc) is 3.29. The molecule has 0 amide bonds. The Kier molecular flexibility index (Phi) is 10.6. The molecule has 1 saturated heterocycles. The number of nitrogens with zero attached hydrogens (tertiary/aromatic N) is 5. The van der Waals surface area contributed by atoms with E-state index in [-0.39, 0.29) is 0 Å². The highest BCUT2D eigenvalue weighted by Gasteiger charge is 2.38. The minimum Gasteiger partial charge on any atom is -0.475 e. The molecule has 4 rings (SSSR count). The monoisotopic (exact) mass is 587 g/mol. The van der Waals surface area contributed by atoms with Crippen LogP contribution in [0.15, 0.2) is 30.0 Å². The number of aliphatic carboxylic acids is 2. The largest absolute Gasteiger partial charge is 0.490 e. The number of halogens is 7. The number of hydrogen-bond donors (Lipinski definition) is 2. The zero-order chi connectivity index (χ0) is 28.7. The Hall–Kier alpha value is -3.24. The van der Waals surface area contributed by atoms with Crippen LogP contribution in [0.5, 0.6) is 0 Å². The Labute approximate surface area is 220 Å². The molecule has 4 heterocycles. The van der Waals surface area contributed by atoms with E-state index in [1.165, 1.54) is 0 Å². The molecule has 0 radical (unpaired) electrons. The molecule has 1 aliphatic rings. The molecule has 1 aliphatic heterocycles. The number of thiophene rings is 1. The standard InChI is InChI=1S/C17H18ClN5S.2C2HF3O2/c1-2-22-5-7-23(8-6-22)16-15-13(10-24-17(15)21-11-20-16)12-3-4-14(18)19-9-12;2*3-2(4,5)1(6)7/h3-4,9-11H,2,5-8H2,1H3;2*(H,6,7). The third-order valence-electron chi connectivity index (χ3n) is 4.99. The Bertz CT molecular complexity index is 1210. The molecule has 0 saturated carbocycles. The molecule has 0 unspecified atom stereocenters. The van der Waals surface area contributed by atoms with Gasteiger partial charge in [-0.1, -0.05) is 18.5 Å². The number of carboxylic acid groups (broad SMARTS) is 2. The number of rotatable bonds is 3. The maximum Gasteiger partial charge on any atom is 0.490 e. The van der Waals surface area contributed by atoms with Crippen molar-refractivity contribution in [1.29, 1.82) is 0 Å². The molecular weight excluding hydrogens is 568 g/mol. The second-order valence-corrected chi connectivity index (χ2v) is 8.67. The Morgan fingerprint density at radius 1 is 0.974 bits per heavy atom. The van der Waals surface area contributed by atoms with Gasteiger partial charge < -0.3 is 20.0 Å². The first-order valence-corrected chi connectivity index (χ1v) is 11.8. The molecular formula is C21H20ClF6N5O4S. The molecule has 0 aromatic carbocycles. The maximum atomic E-state index is 10.6. The third-order valence-corrected chi connectivity index (χ3v) is 6.10. The molecule has 0 spiro atoms. The summed E-state index contributed by atoms with van der Waals surface area (Å²) in [4.78, 5) is 36.9. The lowest BCUT2D eigenvalue weighted by atomic mass is 10.1. The summed E-state index contributed by atoms with van der Waals surface area (Å²) in [5.74, 6) is -4.48. The molecule has 3 aromatic rings. The molecule has 2 N–H and O–H groups in total. The quantitative estimate of drug-likeness (QED) is 0.328. The minimum atomic E-state index is -5.08. The molecule has 0 bridgehead atoms. The van der Waals surface area contributed by atoms with E-state index in [2.05, 4.69) is 37.1 Å². The summed E-state index contributed by atoms with van der Waals surface area (Å²) in [6.07, 6.45) is -6.68. The number of fused-ring (bicyclic) bond motifs is 1. The lowest BCUT2D eigenvalue weighted by Gasteiger charge is -2.35. The van der Waals surface area contributed by atoms with Gasteiger partial charge in [-0.15, -0.1) is 11.3 Å². The van der Waals surface area contributed by atoms with Crippen LogP contribution in [0.1, 0.15) is 6.92 Å². The summed E-state index contributed by atoms with van der Waals surface area (Å²) in [7, 11) is 0. The van der Waals surface area contributed by atoms with Crippen molar-refractivity contribution in [1.82, 2.24) is 19.9 Å². The van der Waals surface area contributed by atoms with Gasteiger partial charge in [0.05, 0.1) is 5.39 Å². The summed E-state index contributed by atoms with van der Waals surface area (Å²) >= 11 is 7.57. The number of anilines is 1. The fourth-order valence-electron chi connectivity index (χ4n) is 3.12. The summed E-state index contributed by atoms with van der Waals surface area (Å²) in [5, 5.41) is 18.0. The number of hydrogen-bond acceptors (Lipinski definition) is 8. The van der Waals surface area contributed by atoms with Crippen molar-refractivity contribution in [3.05, 3.63) is 35.2 Å². The fourth-order valence-corrected chi connectivity index (χ4v) is 4.14. The molecule has 17 heteroatoms. The highest BCUT2D eigenvalue weighted by Crippen LogP contribution is 2.38. The summed E-state index contributed by atoms with van der Waals surface area (Å²) in [6.45, 7) is 7.45. The van der Waals surface area contributed by atoms with Gasteiger partial charge in [-0.2, -0.15) is 26.3 Å². The van der Waals surface area contributed by atoms with Gasteiger partial charge in [0.1, 0.15) is 22.1 Å². The Balaban J connectivity index is 0.000000301. The predicted octanol–water partition coefficient (Wildman–Crippen LogP) is 4.82. The fraction of sp³-hybridized carbons (Fsp3) is 0.381. The van der Waals surface area contributed by atoms with E-state index in [1.54, 1.807) is 17.7 Å². The lowest BCUT2D eigenvalue weighted by Crippen LogP contribution is -2.46. The number of likely N-dealkylation sites (N-methyl/N-ethyl adjacent to an activating group) is 1. The van der Waals surface area contributed by atoms with Crippen molar-refractivity contribution in [3.8, 4) is 11.1 Å². The van der Waals surface area contributed by atoms with Crippen LogP contribution in [0.2, 0.25) is 5.15 Å². The minimum absolute atomic E-state index is 0.505. The molecule has 208 valence electrons. The number of carboxylic acids is 2. The van der Waals surface area contributed by atoms with E-state index in [1.807, 2.05) is 18.3 Å². The van der Waals surface area contributed by atoms with Crippen molar-refractivity contribution in [3.63, 3.8) is 0 Å². The third kappa shape index (κ3) is 8.66. The smallest absolute Gasteiger partial charge is 0.475 e. The number of carbonyl (C=O) groups is 2. The number of piperazine rings is 1. The molecule has 1 fully saturated rings. The Morgan fingerprint density at radius 3 is 1.97 bits per heavy atom. The van der Waals surface area contributed by atoms with Gasteiger partial charge in [0.25, 0.3) is 0 Å². The van der Waals surface area contributed by atoms with Gasteiger partial charge in [0, 0.05) is 48.9 Å². The normalized spacial score (nSPS) is 14.3. The summed E-state index contributed by atoms with van der Waals surface area (Å²) in [5.41, 5.74) is 2.18. The van der Waals surface area contributed by atoms with Crippen LogP contribution in [-0.2, 0) is 9.59 Å². The van der Waals surface area contributed by atoms with E-state index >= 15 is 0 Å². The van der Waals surface area contributed by atoms with Gasteiger partial charge in [0.15, 0.2) is 0 Å². The SMILES string of the molecule is CCN1CCN(c2ncnc3scc(-c4ccc(Cl)nc4)c23)CC1.O=C(O)C(F)(F)F.O=C(O)C(F)(F)F. The van der Waals surface area contributed by atoms with Gasteiger partial charge in [-0.3, -0.25) is 0 Å². The van der Waals surface area contributed by atoms with Crippen LogP contribution in [0.3, 0.4) is 0 Å². The maximum absolute atomic E-state index is 10.6. The summed E-state index contributed by atoms with van der Waals surface area (Å²) in [6, 6.07) is 3.83. The molecule has 38 heavy (non-hydrogen) atoms. The number of pyridine rings is 1. The van der Waals surface area contributed by atoms with Crippen molar-refractivity contribution in [2.24, 2.45) is 0 Å². The van der Waals surface area contributed by atoms with E-state index in [0.29, 0.717) is 5.15 Å². The molecule has 0 atom stereocenters. The van der Waals surface area contributed by atoms with Crippen molar-refractivity contribution < 1.29 is 46.1 Å². The second kappa shape index (κ2) is 13.0. The number of alkyl halides is 6. The topological polar surface area (TPSA) is 120 Å². The van der Waals surface area contributed by atoms with Crippen LogP contribution in [0, 0.1) is 0 Å². The van der Waals surface area contributed by atoms with Crippen LogP contribution >= 0.6 is 22.9 Å². The molecule has 9 nitrogen and oxygen atoms in total. The zero-order valence-electron chi connectivity index (χ0n) is 19.4. The first-order valence-electron chi connectivity index (χ1n) is 10.6.